The predicted molar refractivity (Wildman–Crippen MR) is 130 cm³/mol. The van der Waals surface area contributed by atoms with Crippen LogP contribution >= 0.6 is 0 Å². The molecule has 3 aromatic rings. The maximum atomic E-state index is 12.5. The van der Waals surface area contributed by atoms with Crippen LogP contribution in [-0.2, 0) is 11.2 Å². The minimum atomic E-state index is 0.117. The largest absolute Gasteiger partial charge is 0.356 e. The van der Waals surface area contributed by atoms with Crippen LogP contribution in [0.3, 0.4) is 0 Å². The fourth-order valence-electron chi connectivity index (χ4n) is 4.31. The summed E-state index contributed by atoms with van der Waals surface area (Å²) >= 11 is 0. The SMILES string of the molecule is Cc1ccc(-c2nn(-c3ccccc3)cc2CCC(=O)NCCCN2CCCCC2)cc1. The number of piperidine rings is 1. The highest BCUT2D eigenvalue weighted by Gasteiger charge is 2.14. The highest BCUT2D eigenvalue weighted by Crippen LogP contribution is 2.25. The Kier molecular flexibility index (Phi) is 7.73. The molecule has 0 saturated carbocycles. The van der Waals surface area contributed by atoms with E-state index >= 15 is 0 Å². The van der Waals surface area contributed by atoms with Gasteiger partial charge in [0.2, 0.25) is 5.91 Å². The number of amides is 1. The average Bonchev–Trinajstić information content (AvgIpc) is 3.26. The summed E-state index contributed by atoms with van der Waals surface area (Å²) in [5.74, 6) is 0.117. The van der Waals surface area contributed by atoms with Crippen molar-refractivity contribution in [3.05, 3.63) is 71.9 Å². The lowest BCUT2D eigenvalue weighted by atomic mass is 10.0. The maximum Gasteiger partial charge on any atom is 0.220 e. The van der Waals surface area contributed by atoms with E-state index in [1.165, 1.54) is 37.9 Å². The van der Waals surface area contributed by atoms with Crippen LogP contribution in [0, 0.1) is 6.92 Å². The van der Waals surface area contributed by atoms with Crippen molar-refractivity contribution in [3.63, 3.8) is 0 Å². The molecule has 5 heteroatoms. The molecule has 0 bridgehead atoms. The van der Waals surface area contributed by atoms with Gasteiger partial charge < -0.3 is 10.2 Å². The molecule has 5 nitrogen and oxygen atoms in total. The molecule has 0 aliphatic carbocycles. The average molecular weight is 431 g/mol. The number of rotatable bonds is 9. The zero-order valence-electron chi connectivity index (χ0n) is 19.1. The van der Waals surface area contributed by atoms with Crippen molar-refractivity contribution in [1.82, 2.24) is 20.0 Å². The quantitative estimate of drug-likeness (QED) is 0.498. The second-order valence-corrected chi connectivity index (χ2v) is 8.75. The number of para-hydroxylation sites is 1. The Balaban J connectivity index is 1.36. The number of hydrogen-bond donors (Lipinski definition) is 1. The molecule has 1 aliphatic rings. The van der Waals surface area contributed by atoms with Gasteiger partial charge in [-0.2, -0.15) is 5.10 Å². The van der Waals surface area contributed by atoms with Crippen molar-refractivity contribution in [2.75, 3.05) is 26.2 Å². The van der Waals surface area contributed by atoms with Crippen molar-refractivity contribution < 1.29 is 4.79 Å². The van der Waals surface area contributed by atoms with Gasteiger partial charge in [0.15, 0.2) is 0 Å². The fraction of sp³-hybridized carbons (Fsp3) is 0.407. The Bertz CT molecular complexity index is 988. The molecule has 1 amide bonds. The van der Waals surface area contributed by atoms with Crippen LogP contribution in [-0.4, -0.2) is 46.8 Å². The molecular formula is C27H34N4O. The molecule has 168 valence electrons. The molecule has 32 heavy (non-hydrogen) atoms. The number of aryl methyl sites for hydroxylation is 2. The second-order valence-electron chi connectivity index (χ2n) is 8.75. The first-order chi connectivity index (χ1) is 15.7. The Morgan fingerprint density at radius 1 is 1.00 bits per heavy atom. The Morgan fingerprint density at radius 2 is 1.75 bits per heavy atom. The number of hydrogen-bond acceptors (Lipinski definition) is 3. The van der Waals surface area contributed by atoms with E-state index in [1.54, 1.807) is 0 Å². The first-order valence-corrected chi connectivity index (χ1v) is 11.9. The zero-order valence-corrected chi connectivity index (χ0v) is 19.1. The lowest BCUT2D eigenvalue weighted by Crippen LogP contribution is -2.33. The summed E-state index contributed by atoms with van der Waals surface area (Å²) in [6.45, 7) is 6.34. The minimum Gasteiger partial charge on any atom is -0.356 e. The molecule has 2 aromatic carbocycles. The summed E-state index contributed by atoms with van der Waals surface area (Å²) in [5, 5.41) is 7.97. The van der Waals surface area contributed by atoms with Crippen molar-refractivity contribution in [2.24, 2.45) is 0 Å². The van der Waals surface area contributed by atoms with Crippen molar-refractivity contribution >= 4 is 5.91 Å². The van der Waals surface area contributed by atoms with Gasteiger partial charge in [-0.1, -0.05) is 54.4 Å². The summed E-state index contributed by atoms with van der Waals surface area (Å²) in [6.07, 6.45) is 8.22. The van der Waals surface area contributed by atoms with Gasteiger partial charge in [0.25, 0.3) is 0 Å². The molecule has 4 rings (SSSR count). The molecular weight excluding hydrogens is 396 g/mol. The Morgan fingerprint density at radius 3 is 2.50 bits per heavy atom. The van der Waals surface area contributed by atoms with E-state index in [9.17, 15) is 4.79 Å². The molecule has 2 heterocycles. The molecule has 1 aromatic heterocycles. The molecule has 0 atom stereocenters. The fourth-order valence-corrected chi connectivity index (χ4v) is 4.31. The van der Waals surface area contributed by atoms with Crippen LogP contribution in [0.4, 0.5) is 0 Å². The molecule has 1 aliphatic heterocycles. The second kappa shape index (κ2) is 11.1. The third kappa shape index (κ3) is 6.07. The smallest absolute Gasteiger partial charge is 0.220 e. The van der Waals surface area contributed by atoms with Crippen LogP contribution in [0.2, 0.25) is 0 Å². The lowest BCUT2D eigenvalue weighted by Gasteiger charge is -2.26. The van der Waals surface area contributed by atoms with Gasteiger partial charge in [0, 0.05) is 24.7 Å². The summed E-state index contributed by atoms with van der Waals surface area (Å²) in [5.41, 5.74) is 5.38. The van der Waals surface area contributed by atoms with Crippen LogP contribution in [0.1, 0.15) is 43.2 Å². The van der Waals surface area contributed by atoms with E-state index in [4.69, 9.17) is 5.10 Å². The number of nitrogens with zero attached hydrogens (tertiary/aromatic N) is 3. The first-order valence-electron chi connectivity index (χ1n) is 11.9. The van der Waals surface area contributed by atoms with Gasteiger partial charge in [0.1, 0.15) is 0 Å². The van der Waals surface area contributed by atoms with Gasteiger partial charge in [0.05, 0.1) is 11.4 Å². The standard InChI is InChI=1S/C27H34N4O/c1-22-11-13-23(14-12-22)27-24(21-31(29-27)25-9-4-2-5-10-25)15-16-26(32)28-17-8-20-30-18-6-3-7-19-30/h2,4-5,9-14,21H,3,6-8,15-20H2,1H3,(H,28,32). The van der Waals surface area contributed by atoms with Gasteiger partial charge in [-0.25, -0.2) is 4.68 Å². The summed E-state index contributed by atoms with van der Waals surface area (Å²) in [6, 6.07) is 18.6. The van der Waals surface area contributed by atoms with Crippen molar-refractivity contribution in [1.29, 1.82) is 0 Å². The predicted octanol–water partition coefficient (Wildman–Crippen LogP) is 4.77. The number of carbonyl (C=O) groups is 1. The summed E-state index contributed by atoms with van der Waals surface area (Å²) in [4.78, 5) is 15.0. The molecule has 0 radical (unpaired) electrons. The summed E-state index contributed by atoms with van der Waals surface area (Å²) in [7, 11) is 0. The van der Waals surface area contributed by atoms with E-state index in [0.29, 0.717) is 12.8 Å². The maximum absolute atomic E-state index is 12.5. The Hall–Kier alpha value is -2.92. The van der Waals surface area contributed by atoms with Gasteiger partial charge >= 0.3 is 0 Å². The summed E-state index contributed by atoms with van der Waals surface area (Å²) < 4.78 is 1.92. The van der Waals surface area contributed by atoms with Gasteiger partial charge in [-0.3, -0.25) is 4.79 Å². The van der Waals surface area contributed by atoms with Gasteiger partial charge in [-0.05, 0) is 69.9 Å². The highest BCUT2D eigenvalue weighted by atomic mass is 16.1. The normalized spacial score (nSPS) is 14.4. The number of nitrogens with one attached hydrogen (secondary N) is 1. The van der Waals surface area contributed by atoms with E-state index in [-0.39, 0.29) is 5.91 Å². The number of likely N-dealkylation sites (tertiary alicyclic amines) is 1. The molecule has 1 fully saturated rings. The zero-order chi connectivity index (χ0) is 22.2. The van der Waals surface area contributed by atoms with Crippen LogP contribution in [0.15, 0.2) is 60.8 Å². The monoisotopic (exact) mass is 430 g/mol. The van der Waals surface area contributed by atoms with E-state index < -0.39 is 0 Å². The van der Waals surface area contributed by atoms with Crippen LogP contribution in [0.5, 0.6) is 0 Å². The van der Waals surface area contributed by atoms with Crippen molar-refractivity contribution in [3.8, 4) is 16.9 Å². The molecule has 0 spiro atoms. The molecule has 1 N–H and O–H groups in total. The minimum absolute atomic E-state index is 0.117. The van der Waals surface area contributed by atoms with Crippen molar-refractivity contribution in [2.45, 2.75) is 45.4 Å². The number of benzene rings is 2. The number of carbonyl (C=O) groups excluding carboxylic acids is 1. The topological polar surface area (TPSA) is 50.2 Å². The van der Waals surface area contributed by atoms with E-state index in [1.807, 2.05) is 35.0 Å². The Labute approximate surface area is 191 Å². The highest BCUT2D eigenvalue weighted by molar-refractivity contribution is 5.76. The third-order valence-electron chi connectivity index (χ3n) is 6.18. The number of aromatic nitrogens is 2. The van der Waals surface area contributed by atoms with E-state index in [0.717, 1.165) is 42.0 Å². The van der Waals surface area contributed by atoms with Crippen LogP contribution < -0.4 is 5.32 Å². The lowest BCUT2D eigenvalue weighted by molar-refractivity contribution is -0.121. The molecule has 1 saturated heterocycles. The molecule has 0 unspecified atom stereocenters. The van der Waals surface area contributed by atoms with Crippen LogP contribution in [0.25, 0.3) is 16.9 Å². The van der Waals surface area contributed by atoms with Gasteiger partial charge in [-0.15, -0.1) is 0 Å². The van der Waals surface area contributed by atoms with E-state index in [2.05, 4.69) is 47.6 Å². The first kappa shape index (κ1) is 22.3. The third-order valence-corrected chi connectivity index (χ3v) is 6.18.